The van der Waals surface area contributed by atoms with Crippen LogP contribution in [0.5, 0.6) is 0 Å². The Hall–Kier alpha value is -0.530. The summed E-state index contributed by atoms with van der Waals surface area (Å²) in [7, 11) is 0. The van der Waals surface area contributed by atoms with E-state index in [-0.39, 0.29) is 6.29 Å². The highest BCUT2D eigenvalue weighted by atomic mass is 16.4. The Morgan fingerprint density at radius 2 is 1.35 bits per heavy atom. The van der Waals surface area contributed by atoms with Crippen molar-refractivity contribution >= 4 is 6.29 Å². The van der Waals surface area contributed by atoms with E-state index in [1.165, 1.54) is 6.42 Å². The minimum atomic E-state index is -1.80. The van der Waals surface area contributed by atoms with Gasteiger partial charge in [-0.2, -0.15) is 0 Å². The summed E-state index contributed by atoms with van der Waals surface area (Å²) in [6.07, 6.45) is -1.57. The monoisotopic (exact) mass is 292 g/mol. The number of unbranched alkanes of at least 4 members (excludes halogenated alkanes) is 5. The van der Waals surface area contributed by atoms with Crippen LogP contribution in [0.1, 0.15) is 51.9 Å². The Morgan fingerprint density at radius 3 is 1.90 bits per heavy atom. The zero-order valence-electron chi connectivity index (χ0n) is 12.1. The van der Waals surface area contributed by atoms with E-state index in [0.29, 0.717) is 12.8 Å². The van der Waals surface area contributed by atoms with E-state index in [2.05, 4.69) is 6.92 Å². The SMILES string of the molecule is CCCCCCCCC(O)[C@@H](O)[C@@H](O)[C@H](O)[C@@H](O)C=O. The van der Waals surface area contributed by atoms with Gasteiger partial charge in [-0.1, -0.05) is 45.4 Å². The van der Waals surface area contributed by atoms with Crippen LogP contribution in [0.2, 0.25) is 0 Å². The minimum absolute atomic E-state index is 0.0702. The number of aliphatic hydroxyl groups is 5. The van der Waals surface area contributed by atoms with E-state index in [0.717, 1.165) is 25.7 Å². The average molecular weight is 292 g/mol. The molecule has 0 spiro atoms. The van der Waals surface area contributed by atoms with Crippen LogP contribution in [-0.4, -0.2) is 62.3 Å². The van der Waals surface area contributed by atoms with Crippen LogP contribution < -0.4 is 0 Å². The van der Waals surface area contributed by atoms with Crippen molar-refractivity contribution in [3.05, 3.63) is 0 Å². The molecular formula is C14H28O6. The first-order chi connectivity index (χ1) is 9.45. The highest BCUT2D eigenvalue weighted by molar-refractivity contribution is 5.56. The molecule has 1 unspecified atom stereocenters. The highest BCUT2D eigenvalue weighted by Crippen LogP contribution is 2.14. The third-order valence-corrected chi connectivity index (χ3v) is 3.44. The molecule has 0 aromatic heterocycles. The Balaban J connectivity index is 3.95. The fraction of sp³-hybridized carbons (Fsp3) is 0.929. The molecule has 6 nitrogen and oxygen atoms in total. The zero-order chi connectivity index (χ0) is 15.5. The lowest BCUT2D eigenvalue weighted by Crippen LogP contribution is -2.49. The zero-order valence-corrected chi connectivity index (χ0v) is 12.1. The Labute approximate surface area is 120 Å². The molecule has 0 aliphatic carbocycles. The molecule has 0 saturated heterocycles. The number of carbonyl (C=O) groups is 1. The molecule has 120 valence electrons. The summed E-state index contributed by atoms with van der Waals surface area (Å²) in [5.74, 6) is 0. The molecule has 0 rings (SSSR count). The quantitative estimate of drug-likeness (QED) is 0.250. The molecule has 20 heavy (non-hydrogen) atoms. The van der Waals surface area contributed by atoms with Gasteiger partial charge in [0.25, 0.3) is 0 Å². The second-order valence-electron chi connectivity index (χ2n) is 5.22. The predicted octanol–water partition coefficient (Wildman–Crippen LogP) is -0.260. The Morgan fingerprint density at radius 1 is 0.800 bits per heavy atom. The number of hydrogen-bond acceptors (Lipinski definition) is 6. The Kier molecular flexibility index (Phi) is 10.9. The highest BCUT2D eigenvalue weighted by Gasteiger charge is 2.33. The lowest BCUT2D eigenvalue weighted by atomic mass is 9.96. The van der Waals surface area contributed by atoms with Gasteiger partial charge < -0.3 is 30.3 Å². The number of rotatable bonds is 12. The summed E-state index contributed by atoms with van der Waals surface area (Å²) in [5, 5.41) is 47.3. The Bertz CT molecular complexity index is 248. The van der Waals surface area contributed by atoms with Gasteiger partial charge in [0.2, 0.25) is 0 Å². The van der Waals surface area contributed by atoms with Crippen molar-refractivity contribution in [2.24, 2.45) is 0 Å². The minimum Gasteiger partial charge on any atom is -0.390 e. The van der Waals surface area contributed by atoms with E-state index >= 15 is 0 Å². The molecular weight excluding hydrogens is 264 g/mol. The summed E-state index contributed by atoms with van der Waals surface area (Å²) < 4.78 is 0. The maximum atomic E-state index is 10.3. The number of hydrogen-bond donors (Lipinski definition) is 5. The molecule has 0 heterocycles. The van der Waals surface area contributed by atoms with Crippen LogP contribution in [-0.2, 0) is 4.79 Å². The molecule has 0 bridgehead atoms. The summed E-state index contributed by atoms with van der Waals surface area (Å²) >= 11 is 0. The second kappa shape index (κ2) is 11.2. The maximum absolute atomic E-state index is 10.3. The van der Waals surface area contributed by atoms with Crippen LogP contribution in [0.3, 0.4) is 0 Å². The van der Waals surface area contributed by atoms with E-state index in [1.807, 2.05) is 0 Å². The number of carbonyl (C=O) groups excluding carboxylic acids is 1. The first-order valence-electron chi connectivity index (χ1n) is 7.31. The summed E-state index contributed by atoms with van der Waals surface area (Å²) in [5.41, 5.74) is 0. The topological polar surface area (TPSA) is 118 Å². The van der Waals surface area contributed by atoms with Crippen molar-refractivity contribution in [2.45, 2.75) is 82.4 Å². The largest absolute Gasteiger partial charge is 0.390 e. The summed E-state index contributed by atoms with van der Waals surface area (Å²) in [6.45, 7) is 2.13. The predicted molar refractivity (Wildman–Crippen MR) is 74.1 cm³/mol. The normalized spacial score (nSPS) is 19.1. The van der Waals surface area contributed by atoms with Crippen molar-refractivity contribution in [3.63, 3.8) is 0 Å². The molecule has 0 radical (unpaired) electrons. The molecule has 0 aromatic carbocycles. The smallest absolute Gasteiger partial charge is 0.151 e. The summed E-state index contributed by atoms with van der Waals surface area (Å²) in [6, 6.07) is 0. The van der Waals surface area contributed by atoms with Gasteiger partial charge in [0.1, 0.15) is 24.4 Å². The van der Waals surface area contributed by atoms with Crippen LogP contribution in [0.25, 0.3) is 0 Å². The van der Waals surface area contributed by atoms with Gasteiger partial charge in [-0.3, -0.25) is 0 Å². The standard InChI is InChI=1S/C14H28O6/c1-2-3-4-5-6-7-8-10(16)12(18)14(20)13(19)11(17)9-15/h9-14,16-20H,2-8H2,1H3/t10?,11-,12+,13+,14+/m0/s1. The second-order valence-corrected chi connectivity index (χ2v) is 5.22. The molecule has 6 heteroatoms. The lowest BCUT2D eigenvalue weighted by Gasteiger charge is -2.27. The van der Waals surface area contributed by atoms with Gasteiger partial charge in [-0.05, 0) is 6.42 Å². The first kappa shape index (κ1) is 19.5. The van der Waals surface area contributed by atoms with Crippen molar-refractivity contribution in [3.8, 4) is 0 Å². The molecule has 0 fully saturated rings. The van der Waals surface area contributed by atoms with Crippen LogP contribution >= 0.6 is 0 Å². The fourth-order valence-electron chi connectivity index (χ4n) is 2.02. The van der Waals surface area contributed by atoms with Crippen LogP contribution in [0, 0.1) is 0 Å². The molecule has 5 N–H and O–H groups in total. The van der Waals surface area contributed by atoms with Gasteiger partial charge in [0.15, 0.2) is 6.29 Å². The van der Waals surface area contributed by atoms with Crippen molar-refractivity contribution in [1.29, 1.82) is 0 Å². The molecule has 0 saturated carbocycles. The van der Waals surface area contributed by atoms with Gasteiger partial charge >= 0.3 is 0 Å². The van der Waals surface area contributed by atoms with Crippen molar-refractivity contribution in [1.82, 2.24) is 0 Å². The third-order valence-electron chi connectivity index (χ3n) is 3.44. The van der Waals surface area contributed by atoms with Crippen LogP contribution in [0.15, 0.2) is 0 Å². The van der Waals surface area contributed by atoms with E-state index < -0.39 is 30.5 Å². The lowest BCUT2D eigenvalue weighted by molar-refractivity contribution is -0.145. The average Bonchev–Trinajstić information content (AvgIpc) is 2.47. The first-order valence-corrected chi connectivity index (χ1v) is 7.31. The van der Waals surface area contributed by atoms with Crippen LogP contribution in [0.4, 0.5) is 0 Å². The molecule has 0 aliphatic heterocycles. The molecule has 0 aromatic rings. The fourth-order valence-corrected chi connectivity index (χ4v) is 2.02. The van der Waals surface area contributed by atoms with Crippen molar-refractivity contribution in [2.75, 3.05) is 0 Å². The van der Waals surface area contributed by atoms with Gasteiger partial charge in [0, 0.05) is 0 Å². The van der Waals surface area contributed by atoms with E-state index in [4.69, 9.17) is 5.11 Å². The molecule has 5 atom stereocenters. The van der Waals surface area contributed by atoms with E-state index in [9.17, 15) is 25.2 Å². The van der Waals surface area contributed by atoms with E-state index in [1.54, 1.807) is 0 Å². The number of aldehydes is 1. The maximum Gasteiger partial charge on any atom is 0.151 e. The molecule has 0 amide bonds. The van der Waals surface area contributed by atoms with Gasteiger partial charge in [-0.25, -0.2) is 0 Å². The number of aliphatic hydroxyl groups excluding tert-OH is 5. The molecule has 0 aliphatic rings. The van der Waals surface area contributed by atoms with Crippen molar-refractivity contribution < 1.29 is 30.3 Å². The third kappa shape index (κ3) is 7.31. The van der Waals surface area contributed by atoms with Gasteiger partial charge in [-0.15, -0.1) is 0 Å². The summed E-state index contributed by atoms with van der Waals surface area (Å²) in [4.78, 5) is 10.3. The van der Waals surface area contributed by atoms with Gasteiger partial charge in [0.05, 0.1) is 6.10 Å².